The molecule has 0 aromatic carbocycles. The van der Waals surface area contributed by atoms with Crippen molar-refractivity contribution < 1.29 is 22.0 Å². The fraction of sp³-hybridized carbons (Fsp3) is 0.286. The van der Waals surface area contributed by atoms with E-state index in [9.17, 15) is 22.0 Å². The lowest BCUT2D eigenvalue weighted by Gasteiger charge is -2.13. The molecule has 15 heavy (non-hydrogen) atoms. The summed E-state index contributed by atoms with van der Waals surface area (Å²) in [6.45, 7) is 0. The van der Waals surface area contributed by atoms with E-state index >= 15 is 0 Å². The second-order valence-corrected chi connectivity index (χ2v) is 4.44. The molecule has 1 nitrogen and oxygen atoms in total. The molecule has 0 N–H and O–H groups in total. The third-order valence-corrected chi connectivity index (χ3v) is 3.91. The third-order valence-electron chi connectivity index (χ3n) is 1.49. The van der Waals surface area contributed by atoms with Crippen LogP contribution in [0.5, 0.6) is 0 Å². The molecule has 1 rings (SSSR count). The van der Waals surface area contributed by atoms with Gasteiger partial charge in [0.2, 0.25) is 0 Å². The summed E-state index contributed by atoms with van der Waals surface area (Å²) in [7, 11) is 0. The standard InChI is InChI=1S/C7H2BrF5IN/c8-4-2(14)1-15-5(7(11,12)13)3(4)6(9)10/h1,6H. The number of hydrogen-bond acceptors (Lipinski definition) is 1. The molecule has 0 aliphatic rings. The first-order valence-electron chi connectivity index (χ1n) is 3.44. The predicted molar refractivity (Wildman–Crippen MR) is 54.6 cm³/mol. The van der Waals surface area contributed by atoms with Crippen molar-refractivity contribution in [1.82, 2.24) is 4.98 Å². The Morgan fingerprint density at radius 1 is 1.33 bits per heavy atom. The van der Waals surface area contributed by atoms with Gasteiger partial charge in [-0.05, 0) is 38.5 Å². The summed E-state index contributed by atoms with van der Waals surface area (Å²) in [5, 5.41) is 0. The lowest BCUT2D eigenvalue weighted by molar-refractivity contribution is -0.143. The Labute approximate surface area is 103 Å². The monoisotopic (exact) mass is 401 g/mol. The van der Waals surface area contributed by atoms with E-state index in [1.165, 1.54) is 0 Å². The normalized spacial score (nSPS) is 12.3. The van der Waals surface area contributed by atoms with Crippen LogP contribution < -0.4 is 0 Å². The van der Waals surface area contributed by atoms with Crippen molar-refractivity contribution >= 4 is 38.5 Å². The van der Waals surface area contributed by atoms with E-state index in [0.29, 0.717) is 0 Å². The summed E-state index contributed by atoms with van der Waals surface area (Å²) in [6, 6.07) is 0. The van der Waals surface area contributed by atoms with Crippen LogP contribution in [0.25, 0.3) is 0 Å². The Balaban J connectivity index is 3.47. The second kappa shape index (κ2) is 4.48. The van der Waals surface area contributed by atoms with Gasteiger partial charge in [0.05, 0.1) is 5.56 Å². The molecule has 1 heterocycles. The number of nitrogens with zero attached hydrogens (tertiary/aromatic N) is 1. The van der Waals surface area contributed by atoms with Crippen molar-refractivity contribution in [1.29, 1.82) is 0 Å². The molecule has 0 unspecified atom stereocenters. The fourth-order valence-corrected chi connectivity index (χ4v) is 1.80. The van der Waals surface area contributed by atoms with Gasteiger partial charge >= 0.3 is 6.18 Å². The van der Waals surface area contributed by atoms with Gasteiger partial charge < -0.3 is 0 Å². The molecule has 0 radical (unpaired) electrons. The summed E-state index contributed by atoms with van der Waals surface area (Å²) in [5.41, 5.74) is -2.67. The van der Waals surface area contributed by atoms with E-state index in [1.807, 2.05) is 0 Å². The summed E-state index contributed by atoms with van der Waals surface area (Å²) in [4.78, 5) is 2.99. The molecule has 8 heteroatoms. The van der Waals surface area contributed by atoms with E-state index in [0.717, 1.165) is 6.20 Å². The Bertz CT molecular complexity index is 378. The molecular formula is C7H2BrF5IN. The van der Waals surface area contributed by atoms with Gasteiger partial charge in [0, 0.05) is 14.2 Å². The van der Waals surface area contributed by atoms with E-state index in [-0.39, 0.29) is 8.04 Å². The van der Waals surface area contributed by atoms with Crippen molar-refractivity contribution in [2.75, 3.05) is 0 Å². The molecule has 0 bridgehead atoms. The maximum atomic E-state index is 12.4. The number of rotatable bonds is 1. The van der Waals surface area contributed by atoms with Crippen LogP contribution in [0.3, 0.4) is 0 Å². The van der Waals surface area contributed by atoms with Gasteiger partial charge in [-0.1, -0.05) is 0 Å². The zero-order valence-electron chi connectivity index (χ0n) is 6.75. The minimum Gasteiger partial charge on any atom is -0.250 e. The van der Waals surface area contributed by atoms with Crippen molar-refractivity contribution in [3.05, 3.63) is 25.5 Å². The molecular weight excluding hydrogens is 400 g/mol. The minimum absolute atomic E-state index is 0.205. The van der Waals surface area contributed by atoms with Gasteiger partial charge in [-0.3, -0.25) is 4.98 Å². The van der Waals surface area contributed by atoms with E-state index in [1.54, 1.807) is 22.6 Å². The number of pyridine rings is 1. The highest BCUT2D eigenvalue weighted by Crippen LogP contribution is 2.39. The van der Waals surface area contributed by atoms with Crippen molar-refractivity contribution in [2.45, 2.75) is 12.6 Å². The van der Waals surface area contributed by atoms with Gasteiger partial charge in [0.1, 0.15) is 0 Å². The van der Waals surface area contributed by atoms with Crippen LogP contribution in [0.15, 0.2) is 10.7 Å². The molecule has 0 aliphatic carbocycles. The quantitative estimate of drug-likeness (QED) is 0.502. The molecule has 1 aromatic rings. The molecule has 0 atom stereocenters. The molecule has 0 aliphatic heterocycles. The van der Waals surface area contributed by atoms with Crippen molar-refractivity contribution in [2.24, 2.45) is 0 Å². The molecule has 0 saturated carbocycles. The van der Waals surface area contributed by atoms with Crippen LogP contribution in [0.1, 0.15) is 17.7 Å². The maximum absolute atomic E-state index is 12.4. The molecule has 84 valence electrons. The number of aromatic nitrogens is 1. The lowest BCUT2D eigenvalue weighted by atomic mass is 10.2. The van der Waals surface area contributed by atoms with Crippen LogP contribution in [-0.4, -0.2) is 4.98 Å². The van der Waals surface area contributed by atoms with Crippen LogP contribution in [0.4, 0.5) is 22.0 Å². The van der Waals surface area contributed by atoms with Crippen molar-refractivity contribution in [3.63, 3.8) is 0 Å². The van der Waals surface area contributed by atoms with E-state index < -0.39 is 23.9 Å². The minimum atomic E-state index is -4.88. The molecule has 0 amide bonds. The summed E-state index contributed by atoms with van der Waals surface area (Å²) >= 11 is 4.31. The highest BCUT2D eigenvalue weighted by atomic mass is 127. The van der Waals surface area contributed by atoms with E-state index in [2.05, 4.69) is 20.9 Å². The van der Waals surface area contributed by atoms with Gasteiger partial charge in [0.25, 0.3) is 6.43 Å². The average Bonchev–Trinajstić information content (AvgIpc) is 2.06. The van der Waals surface area contributed by atoms with Crippen molar-refractivity contribution in [3.8, 4) is 0 Å². The van der Waals surface area contributed by atoms with Gasteiger partial charge in [-0.25, -0.2) is 8.78 Å². The average molecular weight is 402 g/mol. The first-order chi connectivity index (χ1) is 6.75. The predicted octanol–water partition coefficient (Wildman–Crippen LogP) is 4.41. The summed E-state index contributed by atoms with van der Waals surface area (Å²) in [5.74, 6) is 0. The van der Waals surface area contributed by atoms with Crippen LogP contribution in [-0.2, 0) is 6.18 Å². The smallest absolute Gasteiger partial charge is 0.250 e. The van der Waals surface area contributed by atoms with Gasteiger partial charge in [0.15, 0.2) is 5.69 Å². The lowest BCUT2D eigenvalue weighted by Crippen LogP contribution is -2.13. The Morgan fingerprint density at radius 2 is 1.87 bits per heavy atom. The van der Waals surface area contributed by atoms with Gasteiger partial charge in [-0.15, -0.1) is 0 Å². The Hall–Kier alpha value is 0.01000. The molecule has 0 fully saturated rings. The first kappa shape index (κ1) is 13.1. The third kappa shape index (κ3) is 2.77. The van der Waals surface area contributed by atoms with E-state index in [4.69, 9.17) is 0 Å². The fourth-order valence-electron chi connectivity index (χ4n) is 0.905. The van der Waals surface area contributed by atoms with Gasteiger partial charge in [-0.2, -0.15) is 13.2 Å². The van der Waals surface area contributed by atoms with Crippen LogP contribution >= 0.6 is 38.5 Å². The van der Waals surface area contributed by atoms with Crippen LogP contribution in [0, 0.1) is 3.57 Å². The zero-order valence-corrected chi connectivity index (χ0v) is 10.5. The molecule has 1 aromatic heterocycles. The number of alkyl halides is 5. The first-order valence-corrected chi connectivity index (χ1v) is 5.31. The zero-order chi connectivity index (χ0) is 11.8. The largest absolute Gasteiger partial charge is 0.433 e. The second-order valence-electron chi connectivity index (χ2n) is 2.48. The molecule has 0 spiro atoms. The highest BCUT2D eigenvalue weighted by Gasteiger charge is 2.39. The SMILES string of the molecule is FC(F)c1c(C(F)(F)F)ncc(I)c1Br. The number of halogens is 7. The maximum Gasteiger partial charge on any atom is 0.433 e. The Kier molecular flexibility index (Phi) is 3.90. The number of hydrogen-bond donors (Lipinski definition) is 0. The van der Waals surface area contributed by atoms with Crippen LogP contribution in [0.2, 0.25) is 0 Å². The highest BCUT2D eigenvalue weighted by molar-refractivity contribution is 14.1. The molecule has 0 saturated heterocycles. The Morgan fingerprint density at radius 3 is 2.27 bits per heavy atom. The summed E-state index contributed by atoms with van der Waals surface area (Å²) < 4.78 is 61.7. The topological polar surface area (TPSA) is 12.9 Å². The summed E-state index contributed by atoms with van der Waals surface area (Å²) in [6.07, 6.45) is -7.21.